The van der Waals surface area contributed by atoms with Crippen molar-refractivity contribution >= 4 is 17.8 Å². The normalized spacial score (nSPS) is 12.1. The molecule has 0 aliphatic carbocycles. The van der Waals surface area contributed by atoms with Gasteiger partial charge < -0.3 is 20.1 Å². The highest BCUT2D eigenvalue weighted by molar-refractivity contribution is 5.44. The van der Waals surface area contributed by atoms with E-state index >= 15 is 0 Å². The molecule has 114 valence electrons. The first-order valence-corrected chi connectivity index (χ1v) is 6.72. The molecule has 2 aromatic heterocycles. The fourth-order valence-corrected chi connectivity index (χ4v) is 2.12. The van der Waals surface area contributed by atoms with E-state index in [-0.39, 0.29) is 6.04 Å². The molecule has 21 heavy (non-hydrogen) atoms. The molecule has 2 N–H and O–H groups in total. The first kappa shape index (κ1) is 15.0. The summed E-state index contributed by atoms with van der Waals surface area (Å²) in [7, 11) is 5.54. The molecule has 1 atom stereocenters. The molecule has 0 radical (unpaired) electrons. The quantitative estimate of drug-likeness (QED) is 0.861. The number of aryl methyl sites for hydroxylation is 2. The van der Waals surface area contributed by atoms with Crippen molar-refractivity contribution in [2.24, 2.45) is 0 Å². The SMILES string of the molecule is CNc1nc(NC(C)c2c(C)noc2C)nc(N(C)C)n1. The molecule has 2 heterocycles. The van der Waals surface area contributed by atoms with Gasteiger partial charge in [0.25, 0.3) is 0 Å². The Labute approximate surface area is 124 Å². The Morgan fingerprint density at radius 3 is 2.29 bits per heavy atom. The lowest BCUT2D eigenvalue weighted by Gasteiger charge is -2.16. The van der Waals surface area contributed by atoms with Crippen LogP contribution in [0.1, 0.15) is 30.0 Å². The topological polar surface area (TPSA) is 92.0 Å². The molecule has 0 saturated carbocycles. The van der Waals surface area contributed by atoms with Gasteiger partial charge in [-0.05, 0) is 20.8 Å². The zero-order chi connectivity index (χ0) is 15.6. The second kappa shape index (κ2) is 5.94. The summed E-state index contributed by atoms with van der Waals surface area (Å²) in [6.45, 7) is 5.83. The minimum atomic E-state index is -0.0154. The van der Waals surface area contributed by atoms with Crippen molar-refractivity contribution in [1.82, 2.24) is 20.1 Å². The summed E-state index contributed by atoms with van der Waals surface area (Å²) in [6.07, 6.45) is 0. The van der Waals surface area contributed by atoms with Crippen LogP contribution in [0.3, 0.4) is 0 Å². The van der Waals surface area contributed by atoms with E-state index in [9.17, 15) is 0 Å². The highest BCUT2D eigenvalue weighted by Crippen LogP contribution is 2.24. The van der Waals surface area contributed by atoms with Crippen LogP contribution in [0, 0.1) is 13.8 Å². The fraction of sp³-hybridized carbons (Fsp3) is 0.538. The van der Waals surface area contributed by atoms with Gasteiger partial charge in [0.05, 0.1) is 11.7 Å². The highest BCUT2D eigenvalue weighted by atomic mass is 16.5. The predicted octanol–water partition coefficient (Wildman–Crippen LogP) is 1.76. The monoisotopic (exact) mass is 291 g/mol. The Morgan fingerprint density at radius 1 is 1.10 bits per heavy atom. The van der Waals surface area contributed by atoms with E-state index < -0.39 is 0 Å². The maximum Gasteiger partial charge on any atom is 0.231 e. The summed E-state index contributed by atoms with van der Waals surface area (Å²) in [4.78, 5) is 14.8. The number of nitrogens with one attached hydrogen (secondary N) is 2. The second-order valence-electron chi connectivity index (χ2n) is 5.03. The summed E-state index contributed by atoms with van der Waals surface area (Å²) in [5.74, 6) is 2.40. The highest BCUT2D eigenvalue weighted by Gasteiger charge is 2.18. The van der Waals surface area contributed by atoms with E-state index in [1.165, 1.54) is 0 Å². The smallest absolute Gasteiger partial charge is 0.231 e. The largest absolute Gasteiger partial charge is 0.361 e. The average Bonchev–Trinajstić information content (AvgIpc) is 2.77. The van der Waals surface area contributed by atoms with E-state index in [1.54, 1.807) is 7.05 Å². The van der Waals surface area contributed by atoms with E-state index in [0.29, 0.717) is 17.8 Å². The maximum atomic E-state index is 5.20. The van der Waals surface area contributed by atoms with Crippen LogP contribution in [0.4, 0.5) is 17.8 Å². The molecule has 1 unspecified atom stereocenters. The van der Waals surface area contributed by atoms with Gasteiger partial charge in [-0.15, -0.1) is 0 Å². The van der Waals surface area contributed by atoms with E-state index in [1.807, 2.05) is 39.8 Å². The van der Waals surface area contributed by atoms with Crippen molar-refractivity contribution in [1.29, 1.82) is 0 Å². The third-order valence-electron chi connectivity index (χ3n) is 3.11. The van der Waals surface area contributed by atoms with Crippen molar-refractivity contribution in [2.45, 2.75) is 26.8 Å². The zero-order valence-corrected chi connectivity index (χ0v) is 13.2. The van der Waals surface area contributed by atoms with Gasteiger partial charge in [0.15, 0.2) is 0 Å². The van der Waals surface area contributed by atoms with Crippen LogP contribution in [0.25, 0.3) is 0 Å². The Bertz CT molecular complexity index is 603. The molecule has 8 heteroatoms. The Morgan fingerprint density at radius 2 is 1.76 bits per heavy atom. The molecule has 2 aromatic rings. The van der Waals surface area contributed by atoms with Crippen molar-refractivity contribution in [3.8, 4) is 0 Å². The van der Waals surface area contributed by atoms with Gasteiger partial charge in [0.2, 0.25) is 17.8 Å². The van der Waals surface area contributed by atoms with E-state index in [4.69, 9.17) is 4.52 Å². The van der Waals surface area contributed by atoms with Crippen molar-refractivity contribution in [3.63, 3.8) is 0 Å². The molecule has 0 aliphatic rings. The summed E-state index contributed by atoms with van der Waals surface area (Å²) in [6, 6.07) is -0.0154. The molecule has 0 aromatic carbocycles. The number of aromatic nitrogens is 4. The Kier molecular flexibility index (Phi) is 4.25. The number of hydrogen-bond acceptors (Lipinski definition) is 8. The number of nitrogens with zero attached hydrogens (tertiary/aromatic N) is 5. The molecule has 8 nitrogen and oxygen atoms in total. The maximum absolute atomic E-state index is 5.20. The van der Waals surface area contributed by atoms with Gasteiger partial charge in [0.1, 0.15) is 5.76 Å². The van der Waals surface area contributed by atoms with Gasteiger partial charge in [-0.1, -0.05) is 5.16 Å². The van der Waals surface area contributed by atoms with E-state index in [2.05, 4.69) is 30.7 Å². The molecule has 0 spiro atoms. The third kappa shape index (κ3) is 3.21. The molecule has 0 fully saturated rings. The average molecular weight is 291 g/mol. The van der Waals surface area contributed by atoms with Gasteiger partial charge in [0, 0.05) is 26.7 Å². The summed E-state index contributed by atoms with van der Waals surface area (Å²) < 4.78 is 5.20. The van der Waals surface area contributed by atoms with Crippen LogP contribution < -0.4 is 15.5 Å². The Balaban J connectivity index is 2.28. The Hall–Kier alpha value is -2.38. The van der Waals surface area contributed by atoms with Gasteiger partial charge in [-0.3, -0.25) is 0 Å². The second-order valence-corrected chi connectivity index (χ2v) is 5.03. The lowest BCUT2D eigenvalue weighted by Crippen LogP contribution is -2.18. The van der Waals surface area contributed by atoms with Gasteiger partial charge in [-0.2, -0.15) is 15.0 Å². The van der Waals surface area contributed by atoms with Gasteiger partial charge >= 0.3 is 0 Å². The lowest BCUT2D eigenvalue weighted by atomic mass is 10.1. The predicted molar refractivity (Wildman–Crippen MR) is 81.7 cm³/mol. The van der Waals surface area contributed by atoms with Crippen LogP contribution in [0.15, 0.2) is 4.52 Å². The molecule has 0 amide bonds. The van der Waals surface area contributed by atoms with Crippen LogP contribution in [0.5, 0.6) is 0 Å². The standard InChI is InChI=1S/C13H21N7O/c1-7(10-8(2)19-21-9(10)3)15-12-16-11(14-4)17-13(18-12)20(5)6/h7H,1-6H3,(H2,14,15,16,17,18). The molecule has 0 bridgehead atoms. The van der Waals surface area contributed by atoms with Crippen LogP contribution >= 0.6 is 0 Å². The summed E-state index contributed by atoms with van der Waals surface area (Å²) in [5.41, 5.74) is 1.89. The zero-order valence-electron chi connectivity index (χ0n) is 13.2. The molecule has 0 saturated heterocycles. The minimum absolute atomic E-state index is 0.0154. The third-order valence-corrected chi connectivity index (χ3v) is 3.11. The summed E-state index contributed by atoms with van der Waals surface area (Å²) in [5, 5.41) is 10.2. The van der Waals surface area contributed by atoms with E-state index in [0.717, 1.165) is 17.0 Å². The van der Waals surface area contributed by atoms with Crippen molar-refractivity contribution in [2.75, 3.05) is 36.7 Å². The number of rotatable bonds is 5. The number of hydrogen-bond donors (Lipinski definition) is 2. The van der Waals surface area contributed by atoms with Gasteiger partial charge in [-0.25, -0.2) is 0 Å². The minimum Gasteiger partial charge on any atom is -0.361 e. The molecule has 2 rings (SSSR count). The molecular formula is C13H21N7O. The molecular weight excluding hydrogens is 270 g/mol. The first-order chi connectivity index (χ1) is 9.92. The summed E-state index contributed by atoms with van der Waals surface area (Å²) >= 11 is 0. The van der Waals surface area contributed by atoms with Crippen LogP contribution in [0.2, 0.25) is 0 Å². The number of anilines is 3. The van der Waals surface area contributed by atoms with Crippen LogP contribution in [-0.2, 0) is 0 Å². The lowest BCUT2D eigenvalue weighted by molar-refractivity contribution is 0.392. The van der Waals surface area contributed by atoms with Crippen molar-refractivity contribution in [3.05, 3.63) is 17.0 Å². The van der Waals surface area contributed by atoms with Crippen molar-refractivity contribution < 1.29 is 4.52 Å². The van der Waals surface area contributed by atoms with Crippen LogP contribution in [-0.4, -0.2) is 41.3 Å². The fourth-order valence-electron chi connectivity index (χ4n) is 2.12. The first-order valence-electron chi connectivity index (χ1n) is 6.72. The molecule has 0 aliphatic heterocycles.